The number of carbonyl (C=O) groups is 1. The molecule has 1 aliphatic rings. The van der Waals surface area contributed by atoms with Crippen LogP contribution in [-0.4, -0.2) is 83.6 Å². The summed E-state index contributed by atoms with van der Waals surface area (Å²) in [6, 6.07) is 4.35. The molecule has 0 atom stereocenters. The zero-order valence-electron chi connectivity index (χ0n) is 16.3. The molecule has 0 spiro atoms. The second kappa shape index (κ2) is 11.0. The van der Waals surface area contributed by atoms with E-state index in [2.05, 4.69) is 5.32 Å². The third kappa shape index (κ3) is 6.05. The number of rotatable bonds is 10. The van der Waals surface area contributed by atoms with Crippen molar-refractivity contribution >= 4 is 27.5 Å². The number of nitrogens with zero attached hydrogens (tertiary/aromatic N) is 2. The van der Waals surface area contributed by atoms with Crippen LogP contribution in [0.3, 0.4) is 0 Å². The van der Waals surface area contributed by atoms with Gasteiger partial charge in [0.25, 0.3) is 0 Å². The summed E-state index contributed by atoms with van der Waals surface area (Å²) in [7, 11) is -0.769. The maximum atomic E-state index is 13.1. The van der Waals surface area contributed by atoms with E-state index in [1.54, 1.807) is 12.0 Å². The van der Waals surface area contributed by atoms with Crippen LogP contribution in [0.4, 0.5) is 0 Å². The summed E-state index contributed by atoms with van der Waals surface area (Å²) in [6.45, 7) is 3.60. The van der Waals surface area contributed by atoms with E-state index in [9.17, 15) is 13.2 Å². The molecule has 2 rings (SSSR count). The molecular formula is C18H28ClN3O5S. The average Bonchev–Trinajstić information content (AvgIpc) is 2.70. The van der Waals surface area contributed by atoms with E-state index in [0.29, 0.717) is 31.9 Å². The molecule has 1 aromatic carbocycles. The number of halogens is 1. The number of benzene rings is 1. The molecule has 1 aliphatic heterocycles. The predicted molar refractivity (Wildman–Crippen MR) is 107 cm³/mol. The first-order valence-electron chi connectivity index (χ1n) is 9.21. The first kappa shape index (κ1) is 22.9. The summed E-state index contributed by atoms with van der Waals surface area (Å²) < 4.78 is 37.7. The van der Waals surface area contributed by atoms with Gasteiger partial charge in [-0.2, -0.15) is 4.31 Å². The van der Waals surface area contributed by atoms with Crippen LogP contribution in [-0.2, 0) is 19.6 Å². The standard InChI is InChI=1S/C18H28ClN3O5S/c1-26-13-3-9-22(10-6-18(23)21-11-7-20-8-12-21)28(24,25)15-4-5-17(27-2)16(19)14-15/h4-5,14,20H,3,6-13H2,1-2H3. The Kier molecular flexibility index (Phi) is 8.97. The lowest BCUT2D eigenvalue weighted by Crippen LogP contribution is -2.47. The molecule has 1 amide bonds. The minimum Gasteiger partial charge on any atom is -0.495 e. The smallest absolute Gasteiger partial charge is 0.243 e. The number of amides is 1. The molecule has 0 aliphatic carbocycles. The summed E-state index contributed by atoms with van der Waals surface area (Å²) in [4.78, 5) is 14.3. The van der Waals surface area contributed by atoms with Crippen LogP contribution in [0.25, 0.3) is 0 Å². The molecule has 158 valence electrons. The second-order valence-electron chi connectivity index (χ2n) is 6.43. The van der Waals surface area contributed by atoms with E-state index in [1.165, 1.54) is 29.6 Å². The zero-order chi connectivity index (χ0) is 20.6. The van der Waals surface area contributed by atoms with Gasteiger partial charge in [-0.15, -0.1) is 0 Å². The van der Waals surface area contributed by atoms with Crippen molar-refractivity contribution in [2.75, 3.05) is 60.1 Å². The molecule has 0 saturated carbocycles. The molecule has 0 aromatic heterocycles. The number of hydrogen-bond acceptors (Lipinski definition) is 6. The fourth-order valence-corrected chi connectivity index (χ4v) is 4.82. The number of sulfonamides is 1. The third-order valence-electron chi connectivity index (χ3n) is 4.56. The zero-order valence-corrected chi connectivity index (χ0v) is 17.9. The van der Waals surface area contributed by atoms with Gasteiger partial charge in [0.1, 0.15) is 5.75 Å². The van der Waals surface area contributed by atoms with E-state index < -0.39 is 10.0 Å². The molecule has 8 nitrogen and oxygen atoms in total. The van der Waals surface area contributed by atoms with Crippen molar-refractivity contribution in [3.63, 3.8) is 0 Å². The Morgan fingerprint density at radius 1 is 1.25 bits per heavy atom. The molecule has 1 fully saturated rings. The van der Waals surface area contributed by atoms with Gasteiger partial charge in [-0.25, -0.2) is 8.42 Å². The Morgan fingerprint density at radius 2 is 1.96 bits per heavy atom. The fraction of sp³-hybridized carbons (Fsp3) is 0.611. The Hall–Kier alpha value is -1.39. The summed E-state index contributed by atoms with van der Waals surface area (Å²) in [5.74, 6) is 0.363. The van der Waals surface area contributed by atoms with Gasteiger partial charge >= 0.3 is 0 Å². The Balaban J connectivity index is 2.13. The molecular weight excluding hydrogens is 406 g/mol. The van der Waals surface area contributed by atoms with Crippen LogP contribution in [0.15, 0.2) is 23.1 Å². The van der Waals surface area contributed by atoms with Gasteiger partial charge in [-0.3, -0.25) is 4.79 Å². The number of piperazine rings is 1. The molecule has 1 aromatic rings. The molecule has 1 saturated heterocycles. The average molecular weight is 434 g/mol. The van der Waals surface area contributed by atoms with Crippen LogP contribution < -0.4 is 10.1 Å². The lowest BCUT2D eigenvalue weighted by atomic mass is 10.3. The topological polar surface area (TPSA) is 88.2 Å². The first-order valence-corrected chi connectivity index (χ1v) is 11.0. The number of carbonyl (C=O) groups excluding carboxylic acids is 1. The largest absolute Gasteiger partial charge is 0.495 e. The number of hydrogen-bond donors (Lipinski definition) is 1. The number of nitrogens with one attached hydrogen (secondary N) is 1. The Morgan fingerprint density at radius 3 is 2.57 bits per heavy atom. The van der Waals surface area contributed by atoms with Gasteiger partial charge in [-0.05, 0) is 24.6 Å². The third-order valence-corrected chi connectivity index (χ3v) is 6.75. The minimum absolute atomic E-state index is 0.0406. The number of methoxy groups -OCH3 is 2. The second-order valence-corrected chi connectivity index (χ2v) is 8.77. The van der Waals surface area contributed by atoms with E-state index in [-0.39, 0.29) is 35.3 Å². The van der Waals surface area contributed by atoms with Gasteiger partial charge in [-0.1, -0.05) is 11.6 Å². The molecule has 0 radical (unpaired) electrons. The summed E-state index contributed by atoms with van der Waals surface area (Å²) in [5.41, 5.74) is 0. The van der Waals surface area contributed by atoms with Crippen molar-refractivity contribution in [2.45, 2.75) is 17.7 Å². The van der Waals surface area contributed by atoms with Gasteiger partial charge in [0, 0.05) is 59.4 Å². The van der Waals surface area contributed by atoms with E-state index in [1.807, 2.05) is 0 Å². The van der Waals surface area contributed by atoms with Crippen molar-refractivity contribution in [1.82, 2.24) is 14.5 Å². The van der Waals surface area contributed by atoms with Crippen molar-refractivity contribution < 1.29 is 22.7 Å². The van der Waals surface area contributed by atoms with Gasteiger partial charge in [0.05, 0.1) is 17.0 Å². The maximum absolute atomic E-state index is 13.1. The van der Waals surface area contributed by atoms with Crippen molar-refractivity contribution in [1.29, 1.82) is 0 Å². The first-order chi connectivity index (χ1) is 13.4. The maximum Gasteiger partial charge on any atom is 0.243 e. The van der Waals surface area contributed by atoms with Crippen LogP contribution in [0.2, 0.25) is 5.02 Å². The van der Waals surface area contributed by atoms with Crippen LogP contribution in [0.5, 0.6) is 5.75 Å². The van der Waals surface area contributed by atoms with E-state index in [4.69, 9.17) is 21.1 Å². The fourth-order valence-electron chi connectivity index (χ4n) is 2.99. The lowest BCUT2D eigenvalue weighted by molar-refractivity contribution is -0.131. The molecule has 10 heteroatoms. The highest BCUT2D eigenvalue weighted by Crippen LogP contribution is 2.28. The quantitative estimate of drug-likeness (QED) is 0.558. The van der Waals surface area contributed by atoms with Gasteiger partial charge in [0.2, 0.25) is 15.9 Å². The van der Waals surface area contributed by atoms with Crippen LogP contribution >= 0.6 is 11.6 Å². The Bertz CT molecular complexity index is 754. The highest BCUT2D eigenvalue weighted by molar-refractivity contribution is 7.89. The number of ether oxygens (including phenoxy) is 2. The predicted octanol–water partition coefficient (Wildman–Crippen LogP) is 1.20. The van der Waals surface area contributed by atoms with Crippen molar-refractivity contribution in [2.24, 2.45) is 0 Å². The highest BCUT2D eigenvalue weighted by Gasteiger charge is 2.26. The Labute approximate surface area is 171 Å². The van der Waals surface area contributed by atoms with Gasteiger partial charge in [0.15, 0.2) is 0 Å². The molecule has 0 unspecified atom stereocenters. The van der Waals surface area contributed by atoms with Crippen LogP contribution in [0.1, 0.15) is 12.8 Å². The van der Waals surface area contributed by atoms with Crippen molar-refractivity contribution in [3.8, 4) is 5.75 Å². The lowest BCUT2D eigenvalue weighted by Gasteiger charge is -2.29. The molecule has 1 N–H and O–H groups in total. The molecule has 0 bridgehead atoms. The van der Waals surface area contributed by atoms with Crippen LogP contribution in [0, 0.1) is 0 Å². The SMILES string of the molecule is COCCCN(CCC(=O)N1CCNCC1)S(=O)(=O)c1ccc(OC)c(Cl)c1. The molecule has 1 heterocycles. The highest BCUT2D eigenvalue weighted by atomic mass is 35.5. The summed E-state index contributed by atoms with van der Waals surface area (Å²) in [6.07, 6.45) is 0.664. The van der Waals surface area contributed by atoms with E-state index in [0.717, 1.165) is 13.1 Å². The summed E-state index contributed by atoms with van der Waals surface area (Å²) in [5, 5.41) is 3.41. The summed E-state index contributed by atoms with van der Waals surface area (Å²) >= 11 is 6.10. The normalized spacial score (nSPS) is 15.1. The monoisotopic (exact) mass is 433 g/mol. The molecule has 28 heavy (non-hydrogen) atoms. The van der Waals surface area contributed by atoms with E-state index >= 15 is 0 Å². The van der Waals surface area contributed by atoms with Crippen molar-refractivity contribution in [3.05, 3.63) is 23.2 Å². The van der Waals surface area contributed by atoms with Gasteiger partial charge < -0.3 is 19.7 Å². The minimum atomic E-state index is -3.80.